The Kier molecular flexibility index (Phi) is 4.41. The molecule has 0 aliphatic heterocycles. The molecule has 0 saturated heterocycles. The van der Waals surface area contributed by atoms with Gasteiger partial charge in [0.25, 0.3) is 0 Å². The first-order valence-electron chi connectivity index (χ1n) is 5.10. The van der Waals surface area contributed by atoms with Crippen molar-refractivity contribution in [2.24, 2.45) is 4.40 Å². The average Bonchev–Trinajstić information content (AvgIpc) is 2.20. The fourth-order valence-corrected chi connectivity index (χ4v) is 1.83. The molecule has 0 aliphatic rings. The van der Waals surface area contributed by atoms with Crippen LogP contribution in [0.1, 0.15) is 33.3 Å². The zero-order valence-electron chi connectivity index (χ0n) is 10.3. The fraction of sp³-hybridized carbons (Fsp3) is 0.455. The van der Waals surface area contributed by atoms with Crippen LogP contribution < -0.4 is 5.73 Å². The van der Waals surface area contributed by atoms with E-state index >= 15 is 0 Å². The number of pyridine rings is 1. The maximum absolute atomic E-state index is 11.9. The number of nitrogens with two attached hydrogens (primary N) is 1. The van der Waals surface area contributed by atoms with E-state index in [0.29, 0.717) is 22.1 Å². The molecule has 1 rings (SSSR count). The minimum atomic E-state index is -1.32. The standard InChI is InChI=1S/C11H16ClN3OS/c1-7(15-17(16)11(2,3)4)9-5-8(12)6-14-10(9)13/h5-6H,1-4H3,(H2,13,14). The van der Waals surface area contributed by atoms with Crippen molar-refractivity contribution in [3.8, 4) is 0 Å². The molecule has 0 aromatic carbocycles. The summed E-state index contributed by atoms with van der Waals surface area (Å²) in [5, 5.41) is 0.477. The molecular formula is C11H16ClN3OS. The van der Waals surface area contributed by atoms with Gasteiger partial charge >= 0.3 is 0 Å². The normalized spacial score (nSPS) is 14.8. The molecule has 0 spiro atoms. The van der Waals surface area contributed by atoms with E-state index in [9.17, 15) is 4.55 Å². The number of aromatic nitrogens is 1. The summed E-state index contributed by atoms with van der Waals surface area (Å²) in [6.45, 7) is 7.33. The number of anilines is 1. The predicted molar refractivity (Wildman–Crippen MR) is 73.8 cm³/mol. The van der Waals surface area contributed by atoms with Crippen molar-refractivity contribution in [2.75, 3.05) is 5.73 Å². The Bertz CT molecular complexity index is 443. The second-order valence-corrected chi connectivity index (χ2v) is 6.97. The van der Waals surface area contributed by atoms with Crippen LogP contribution in [-0.4, -0.2) is 20.0 Å². The minimum Gasteiger partial charge on any atom is -0.591 e. The maximum Gasteiger partial charge on any atom is 0.144 e. The van der Waals surface area contributed by atoms with E-state index in [1.54, 1.807) is 13.0 Å². The van der Waals surface area contributed by atoms with Crippen molar-refractivity contribution >= 4 is 34.5 Å². The molecule has 0 saturated carbocycles. The van der Waals surface area contributed by atoms with Crippen molar-refractivity contribution in [3.63, 3.8) is 0 Å². The summed E-state index contributed by atoms with van der Waals surface area (Å²) in [6.07, 6.45) is 1.47. The van der Waals surface area contributed by atoms with Crippen molar-refractivity contribution < 1.29 is 4.55 Å². The average molecular weight is 274 g/mol. The lowest BCUT2D eigenvalue weighted by atomic mass is 10.2. The van der Waals surface area contributed by atoms with Crippen LogP contribution in [0.25, 0.3) is 0 Å². The fourth-order valence-electron chi connectivity index (χ4n) is 1.05. The van der Waals surface area contributed by atoms with Gasteiger partial charge in [-0.1, -0.05) is 16.0 Å². The van der Waals surface area contributed by atoms with Gasteiger partial charge in [-0.25, -0.2) is 4.98 Å². The van der Waals surface area contributed by atoms with Crippen LogP contribution in [0, 0.1) is 0 Å². The molecule has 0 amide bonds. The van der Waals surface area contributed by atoms with E-state index in [0.717, 1.165) is 0 Å². The van der Waals surface area contributed by atoms with Crippen LogP contribution in [0.2, 0.25) is 5.02 Å². The lowest BCUT2D eigenvalue weighted by Gasteiger charge is -2.18. The Hall–Kier alpha value is -0.780. The van der Waals surface area contributed by atoms with Crippen LogP contribution in [-0.2, 0) is 11.4 Å². The van der Waals surface area contributed by atoms with Gasteiger partial charge in [0, 0.05) is 11.8 Å². The van der Waals surface area contributed by atoms with E-state index in [-0.39, 0.29) is 0 Å². The molecule has 2 N–H and O–H groups in total. The second-order valence-electron chi connectivity index (χ2n) is 4.62. The van der Waals surface area contributed by atoms with Gasteiger partial charge < -0.3 is 10.3 Å². The SMILES string of the molecule is CC(=N[S+]([O-])C(C)(C)C)c1cc(Cl)cnc1N. The first-order valence-corrected chi connectivity index (χ1v) is 6.59. The van der Waals surface area contributed by atoms with Gasteiger partial charge in [-0.2, -0.15) is 0 Å². The third-order valence-corrected chi connectivity index (χ3v) is 3.71. The number of rotatable bonds is 2. The maximum atomic E-state index is 11.9. The quantitative estimate of drug-likeness (QED) is 0.665. The van der Waals surface area contributed by atoms with Gasteiger partial charge in [0.2, 0.25) is 0 Å². The monoisotopic (exact) mass is 273 g/mol. The first-order chi connectivity index (χ1) is 7.71. The number of nitrogens with zero attached hydrogens (tertiary/aromatic N) is 2. The summed E-state index contributed by atoms with van der Waals surface area (Å²) in [5.41, 5.74) is 6.92. The molecule has 1 aromatic heterocycles. The van der Waals surface area contributed by atoms with Gasteiger partial charge in [0.1, 0.15) is 21.9 Å². The molecule has 0 fully saturated rings. The highest BCUT2D eigenvalue weighted by Crippen LogP contribution is 2.21. The highest BCUT2D eigenvalue weighted by Gasteiger charge is 2.27. The molecule has 1 atom stereocenters. The Morgan fingerprint density at radius 1 is 1.53 bits per heavy atom. The summed E-state index contributed by atoms with van der Waals surface area (Å²) in [7, 11) is 0. The second kappa shape index (κ2) is 5.25. The number of hydrogen-bond donors (Lipinski definition) is 1. The number of halogens is 1. The summed E-state index contributed by atoms with van der Waals surface area (Å²) in [4.78, 5) is 3.94. The molecule has 17 heavy (non-hydrogen) atoms. The number of hydrogen-bond acceptors (Lipinski definition) is 4. The van der Waals surface area contributed by atoms with E-state index in [2.05, 4.69) is 9.38 Å². The zero-order valence-corrected chi connectivity index (χ0v) is 11.9. The molecule has 0 bridgehead atoms. The summed E-state index contributed by atoms with van der Waals surface area (Å²) < 4.78 is 15.6. The molecular weight excluding hydrogens is 258 g/mol. The van der Waals surface area contributed by atoms with Gasteiger partial charge in [-0.3, -0.25) is 0 Å². The Morgan fingerprint density at radius 2 is 2.12 bits per heavy atom. The van der Waals surface area contributed by atoms with Crippen LogP contribution in [0.5, 0.6) is 0 Å². The zero-order chi connectivity index (χ0) is 13.2. The van der Waals surface area contributed by atoms with E-state index in [4.69, 9.17) is 17.3 Å². The van der Waals surface area contributed by atoms with E-state index in [1.807, 2.05) is 20.8 Å². The highest BCUT2D eigenvalue weighted by molar-refractivity contribution is 7.91. The minimum absolute atomic E-state index is 0.335. The topological polar surface area (TPSA) is 74.3 Å². The lowest BCUT2D eigenvalue weighted by molar-refractivity contribution is 0.561. The van der Waals surface area contributed by atoms with Crippen molar-refractivity contribution in [3.05, 3.63) is 22.8 Å². The Morgan fingerprint density at radius 3 is 2.65 bits per heavy atom. The first kappa shape index (κ1) is 14.3. The van der Waals surface area contributed by atoms with Gasteiger partial charge in [0.15, 0.2) is 0 Å². The molecule has 0 aliphatic carbocycles. The van der Waals surface area contributed by atoms with Crippen molar-refractivity contribution in [2.45, 2.75) is 32.4 Å². The number of nitrogen functional groups attached to an aromatic ring is 1. The summed E-state index contributed by atoms with van der Waals surface area (Å²) >= 11 is 4.52. The smallest absolute Gasteiger partial charge is 0.144 e. The molecule has 94 valence electrons. The molecule has 1 heterocycles. The summed E-state index contributed by atoms with van der Waals surface area (Å²) in [6, 6.07) is 1.67. The third-order valence-electron chi connectivity index (χ3n) is 2.02. The Balaban J connectivity index is 3.08. The van der Waals surface area contributed by atoms with Gasteiger partial charge in [0.05, 0.1) is 10.7 Å². The van der Waals surface area contributed by atoms with E-state index < -0.39 is 16.1 Å². The third kappa shape index (κ3) is 3.87. The van der Waals surface area contributed by atoms with Crippen molar-refractivity contribution in [1.29, 1.82) is 0 Å². The summed E-state index contributed by atoms with van der Waals surface area (Å²) in [5.74, 6) is 0.335. The molecule has 6 heteroatoms. The Labute approximate surface area is 110 Å². The largest absolute Gasteiger partial charge is 0.591 e. The van der Waals surface area contributed by atoms with Crippen LogP contribution in [0.4, 0.5) is 5.82 Å². The van der Waals surface area contributed by atoms with Gasteiger partial charge in [-0.15, -0.1) is 0 Å². The lowest BCUT2D eigenvalue weighted by Crippen LogP contribution is -2.26. The van der Waals surface area contributed by atoms with Crippen LogP contribution >= 0.6 is 11.6 Å². The molecule has 1 aromatic rings. The van der Waals surface area contributed by atoms with Gasteiger partial charge in [-0.05, 0) is 33.8 Å². The predicted octanol–water partition coefficient (Wildman–Crippen LogP) is 2.59. The molecule has 1 unspecified atom stereocenters. The molecule has 4 nitrogen and oxygen atoms in total. The van der Waals surface area contributed by atoms with Crippen LogP contribution in [0.15, 0.2) is 16.7 Å². The van der Waals surface area contributed by atoms with E-state index in [1.165, 1.54) is 6.20 Å². The highest BCUT2D eigenvalue weighted by atomic mass is 35.5. The molecule has 0 radical (unpaired) electrons. The van der Waals surface area contributed by atoms with Crippen molar-refractivity contribution in [1.82, 2.24) is 4.98 Å². The van der Waals surface area contributed by atoms with Crippen LogP contribution in [0.3, 0.4) is 0 Å².